The number of hydrogen-bond donors (Lipinski definition) is 1. The van der Waals surface area contributed by atoms with E-state index in [1.54, 1.807) is 12.1 Å². The number of aromatic nitrogens is 2. The van der Waals surface area contributed by atoms with Gasteiger partial charge >= 0.3 is 5.97 Å². The standard InChI is InChI=1S/C21H19N3O3S/c1-12(2)13-7-9-14(10-8-13)19-23-24-21(28-19)22-18(25)11-17-15-5-3-4-6-16(15)20(26)27-17/h3-10,12,17H,11H2,1-2H3,(H,22,24,25)/t17-/m0/s1. The van der Waals surface area contributed by atoms with Gasteiger partial charge in [-0.25, -0.2) is 4.79 Å². The highest BCUT2D eigenvalue weighted by Gasteiger charge is 2.32. The predicted molar refractivity (Wildman–Crippen MR) is 107 cm³/mol. The molecule has 6 nitrogen and oxygen atoms in total. The molecule has 2 aromatic carbocycles. The van der Waals surface area contributed by atoms with Crippen LogP contribution in [0.15, 0.2) is 48.5 Å². The van der Waals surface area contributed by atoms with E-state index in [2.05, 4.69) is 41.5 Å². The zero-order chi connectivity index (χ0) is 19.7. The van der Waals surface area contributed by atoms with Gasteiger partial charge in [-0.15, -0.1) is 10.2 Å². The van der Waals surface area contributed by atoms with Gasteiger partial charge in [0.2, 0.25) is 11.0 Å². The van der Waals surface area contributed by atoms with E-state index >= 15 is 0 Å². The van der Waals surface area contributed by atoms with Crippen LogP contribution >= 0.6 is 11.3 Å². The Kier molecular flexibility index (Phi) is 4.92. The van der Waals surface area contributed by atoms with Gasteiger partial charge in [-0.3, -0.25) is 4.79 Å². The molecule has 4 rings (SSSR count). The number of carbonyl (C=O) groups is 2. The van der Waals surface area contributed by atoms with Gasteiger partial charge in [0, 0.05) is 11.1 Å². The smallest absolute Gasteiger partial charge is 0.339 e. The van der Waals surface area contributed by atoms with Crippen molar-refractivity contribution in [1.82, 2.24) is 10.2 Å². The lowest BCUT2D eigenvalue weighted by atomic mass is 10.0. The first kappa shape index (κ1) is 18.3. The molecule has 1 aliphatic heterocycles. The van der Waals surface area contributed by atoms with Crippen LogP contribution in [0.2, 0.25) is 0 Å². The van der Waals surface area contributed by atoms with Gasteiger partial charge in [0.25, 0.3) is 0 Å². The lowest BCUT2D eigenvalue weighted by Crippen LogP contribution is -2.15. The maximum absolute atomic E-state index is 12.4. The minimum atomic E-state index is -0.570. The van der Waals surface area contributed by atoms with E-state index in [9.17, 15) is 9.59 Å². The van der Waals surface area contributed by atoms with E-state index in [1.165, 1.54) is 16.9 Å². The third-order valence-electron chi connectivity index (χ3n) is 4.64. The van der Waals surface area contributed by atoms with Crippen LogP contribution in [0.5, 0.6) is 0 Å². The number of ether oxygens (including phenoxy) is 1. The Labute approximate surface area is 166 Å². The van der Waals surface area contributed by atoms with Crippen molar-refractivity contribution in [3.63, 3.8) is 0 Å². The lowest BCUT2D eigenvalue weighted by molar-refractivity contribution is -0.118. The summed E-state index contributed by atoms with van der Waals surface area (Å²) >= 11 is 1.31. The molecule has 1 aromatic heterocycles. The molecule has 0 saturated carbocycles. The first-order chi connectivity index (χ1) is 13.5. The summed E-state index contributed by atoms with van der Waals surface area (Å²) in [4.78, 5) is 24.3. The van der Waals surface area contributed by atoms with Crippen molar-refractivity contribution in [2.75, 3.05) is 5.32 Å². The topological polar surface area (TPSA) is 81.2 Å². The van der Waals surface area contributed by atoms with E-state index < -0.39 is 12.1 Å². The summed E-state index contributed by atoms with van der Waals surface area (Å²) in [5, 5.41) is 12.1. The van der Waals surface area contributed by atoms with Crippen molar-refractivity contribution in [3.05, 3.63) is 65.2 Å². The predicted octanol–water partition coefficient (Wildman–Crippen LogP) is 4.57. The van der Waals surface area contributed by atoms with Gasteiger partial charge in [-0.1, -0.05) is 67.6 Å². The Morgan fingerprint density at radius 2 is 1.89 bits per heavy atom. The molecule has 1 N–H and O–H groups in total. The normalized spacial score (nSPS) is 15.4. The number of rotatable bonds is 5. The monoisotopic (exact) mass is 393 g/mol. The molecule has 0 aliphatic carbocycles. The van der Waals surface area contributed by atoms with Crippen LogP contribution in [-0.4, -0.2) is 22.1 Å². The lowest BCUT2D eigenvalue weighted by Gasteiger charge is -2.09. The average Bonchev–Trinajstić information content (AvgIpc) is 3.27. The Morgan fingerprint density at radius 1 is 1.14 bits per heavy atom. The number of anilines is 1. The number of nitrogens with one attached hydrogen (secondary N) is 1. The molecule has 2 heterocycles. The quantitative estimate of drug-likeness (QED) is 0.642. The summed E-state index contributed by atoms with van der Waals surface area (Å²) < 4.78 is 5.31. The van der Waals surface area contributed by atoms with Gasteiger partial charge < -0.3 is 10.1 Å². The van der Waals surface area contributed by atoms with Crippen molar-refractivity contribution in [1.29, 1.82) is 0 Å². The molecule has 0 bridgehead atoms. The van der Waals surface area contributed by atoms with Crippen molar-refractivity contribution < 1.29 is 14.3 Å². The number of cyclic esters (lactones) is 1. The summed E-state index contributed by atoms with van der Waals surface area (Å²) in [6, 6.07) is 15.3. The molecule has 3 aromatic rings. The fourth-order valence-electron chi connectivity index (χ4n) is 3.11. The second-order valence-electron chi connectivity index (χ2n) is 6.92. The summed E-state index contributed by atoms with van der Waals surface area (Å²) in [5.74, 6) is -0.197. The fourth-order valence-corrected chi connectivity index (χ4v) is 3.88. The third-order valence-corrected chi connectivity index (χ3v) is 5.53. The van der Waals surface area contributed by atoms with E-state index in [4.69, 9.17) is 4.74 Å². The molecule has 1 aliphatic rings. The molecule has 7 heteroatoms. The number of amides is 1. The molecular weight excluding hydrogens is 374 g/mol. The maximum atomic E-state index is 12.4. The molecule has 1 atom stereocenters. The fraction of sp³-hybridized carbons (Fsp3) is 0.238. The van der Waals surface area contributed by atoms with Crippen LogP contribution in [0.25, 0.3) is 10.6 Å². The summed E-state index contributed by atoms with van der Waals surface area (Å²) in [6.45, 7) is 4.29. The van der Waals surface area contributed by atoms with Crippen molar-refractivity contribution >= 4 is 28.3 Å². The van der Waals surface area contributed by atoms with Crippen LogP contribution in [0.1, 0.15) is 53.8 Å². The van der Waals surface area contributed by atoms with Gasteiger partial charge in [-0.05, 0) is 17.5 Å². The van der Waals surface area contributed by atoms with E-state index in [-0.39, 0.29) is 12.3 Å². The number of nitrogens with zero attached hydrogens (tertiary/aromatic N) is 2. The highest BCUT2D eigenvalue weighted by molar-refractivity contribution is 7.18. The minimum Gasteiger partial charge on any atom is -0.453 e. The molecule has 142 valence electrons. The Morgan fingerprint density at radius 3 is 2.64 bits per heavy atom. The molecule has 28 heavy (non-hydrogen) atoms. The Bertz CT molecular complexity index is 1030. The van der Waals surface area contributed by atoms with Gasteiger partial charge in [-0.2, -0.15) is 0 Å². The summed E-state index contributed by atoms with van der Waals surface area (Å²) in [5.41, 5.74) is 3.48. The highest BCUT2D eigenvalue weighted by atomic mass is 32.1. The molecule has 1 amide bonds. The number of carbonyl (C=O) groups excluding carboxylic acids is 2. The number of hydrogen-bond acceptors (Lipinski definition) is 6. The number of fused-ring (bicyclic) bond motifs is 1. The second-order valence-corrected chi connectivity index (χ2v) is 7.90. The van der Waals surface area contributed by atoms with E-state index in [1.807, 2.05) is 24.3 Å². The van der Waals surface area contributed by atoms with Crippen LogP contribution in [-0.2, 0) is 9.53 Å². The van der Waals surface area contributed by atoms with E-state index in [0.717, 1.165) is 16.1 Å². The molecule has 0 spiro atoms. The summed E-state index contributed by atoms with van der Waals surface area (Å²) in [7, 11) is 0. The Hall–Kier alpha value is -3.06. The largest absolute Gasteiger partial charge is 0.453 e. The van der Waals surface area contributed by atoms with Gasteiger partial charge in [0.05, 0.1) is 12.0 Å². The van der Waals surface area contributed by atoms with Crippen LogP contribution in [0.3, 0.4) is 0 Å². The zero-order valence-electron chi connectivity index (χ0n) is 15.5. The Balaban J connectivity index is 1.42. The van der Waals surface area contributed by atoms with Crippen molar-refractivity contribution in [3.8, 4) is 10.6 Å². The third kappa shape index (κ3) is 3.66. The second kappa shape index (κ2) is 7.52. The number of esters is 1. The van der Waals surface area contributed by atoms with E-state index in [0.29, 0.717) is 16.6 Å². The van der Waals surface area contributed by atoms with Crippen molar-refractivity contribution in [2.45, 2.75) is 32.3 Å². The molecule has 0 unspecified atom stereocenters. The van der Waals surface area contributed by atoms with Crippen LogP contribution in [0, 0.1) is 0 Å². The molecular formula is C21H19N3O3S. The first-order valence-electron chi connectivity index (χ1n) is 9.05. The van der Waals surface area contributed by atoms with Crippen LogP contribution < -0.4 is 5.32 Å². The molecule has 0 saturated heterocycles. The molecule has 0 radical (unpaired) electrons. The van der Waals surface area contributed by atoms with Crippen LogP contribution in [0.4, 0.5) is 5.13 Å². The van der Waals surface area contributed by atoms with Gasteiger partial charge in [0.1, 0.15) is 11.1 Å². The highest BCUT2D eigenvalue weighted by Crippen LogP contribution is 2.33. The summed E-state index contributed by atoms with van der Waals surface area (Å²) in [6.07, 6.45) is -0.527. The molecule has 0 fully saturated rings. The van der Waals surface area contributed by atoms with Crippen molar-refractivity contribution in [2.24, 2.45) is 0 Å². The first-order valence-corrected chi connectivity index (χ1v) is 9.86. The van der Waals surface area contributed by atoms with Gasteiger partial charge in [0.15, 0.2) is 0 Å². The number of benzene rings is 2. The SMILES string of the molecule is CC(C)c1ccc(-c2nnc(NC(=O)C[C@@H]3OC(=O)c4ccccc43)s2)cc1. The zero-order valence-corrected chi connectivity index (χ0v) is 16.3. The maximum Gasteiger partial charge on any atom is 0.339 e. The average molecular weight is 393 g/mol. The minimum absolute atomic E-state index is 0.0424.